The van der Waals surface area contributed by atoms with Gasteiger partial charge in [0.25, 0.3) is 0 Å². The summed E-state index contributed by atoms with van der Waals surface area (Å²) in [4.78, 5) is 0. The first-order chi connectivity index (χ1) is 5.00. The fourth-order valence-electron chi connectivity index (χ4n) is 0.650. The molecule has 0 aromatic heterocycles. The fraction of sp³-hybridized carbons (Fsp3) is 0. The minimum Gasteiger partial charge on any atom is -0.508 e. The van der Waals surface area contributed by atoms with E-state index < -0.39 is 6.00 Å². The van der Waals surface area contributed by atoms with Gasteiger partial charge in [-0.15, -0.1) is 33.2 Å². The summed E-state index contributed by atoms with van der Waals surface area (Å²) < 4.78 is 0. The molecular weight excluding hydrogens is 223 g/mol. The highest BCUT2D eigenvalue weighted by atomic mass is 35.8. The van der Waals surface area contributed by atoms with Crippen LogP contribution in [-0.2, 0) is 0 Å². The quantitative estimate of drug-likeness (QED) is 0.576. The molecule has 0 atom stereocenters. The second-order valence-electron chi connectivity index (χ2n) is 2.04. The molecule has 1 N–H and O–H groups in total. The van der Waals surface area contributed by atoms with Gasteiger partial charge in [-0.1, -0.05) is 12.1 Å². The lowest BCUT2D eigenvalue weighted by atomic mass is 10.3. The van der Waals surface area contributed by atoms with Crippen molar-refractivity contribution in [2.75, 3.05) is 0 Å². The van der Waals surface area contributed by atoms with Gasteiger partial charge in [-0.25, -0.2) is 0 Å². The van der Waals surface area contributed by atoms with E-state index in [4.69, 9.17) is 38.3 Å². The molecule has 0 radical (unpaired) electrons. The van der Waals surface area contributed by atoms with E-state index in [1.165, 1.54) is 12.1 Å². The first-order valence-electron chi connectivity index (χ1n) is 2.86. The molecule has 1 rings (SSSR count). The lowest BCUT2D eigenvalue weighted by Gasteiger charge is -2.06. The number of phenolic OH excluding ortho intramolecular Hbond substituents is 1. The summed E-state index contributed by atoms with van der Waals surface area (Å²) in [6.07, 6.45) is 0. The molecule has 0 aliphatic heterocycles. The van der Waals surface area contributed by atoms with Crippen LogP contribution in [0.4, 0.5) is 0 Å². The van der Waals surface area contributed by atoms with Gasteiger partial charge in [0, 0.05) is 0 Å². The van der Waals surface area contributed by atoms with Crippen LogP contribution in [0.15, 0.2) is 24.3 Å². The minimum atomic E-state index is -2.75. The average Bonchev–Trinajstić information content (AvgIpc) is 1.86. The molecule has 0 spiro atoms. The Morgan fingerprint density at radius 1 is 1.00 bits per heavy atom. The Hall–Kier alpha value is 0.107. The Morgan fingerprint density at radius 2 is 1.45 bits per heavy atom. The van der Waals surface area contributed by atoms with Gasteiger partial charge in [-0.2, -0.15) is 0 Å². The Kier molecular flexibility index (Phi) is 2.70. The smallest absolute Gasteiger partial charge is 0.372 e. The first kappa shape index (κ1) is 9.20. The van der Waals surface area contributed by atoms with Crippen molar-refractivity contribution in [3.05, 3.63) is 24.3 Å². The van der Waals surface area contributed by atoms with Crippen LogP contribution in [0, 0.1) is 0 Å². The Bertz CT molecular complexity index is 241. The second kappa shape index (κ2) is 3.23. The molecule has 11 heavy (non-hydrogen) atoms. The monoisotopic (exact) mass is 226 g/mol. The van der Waals surface area contributed by atoms with E-state index in [0.717, 1.165) is 0 Å². The maximum Gasteiger partial charge on any atom is 0.372 e. The van der Waals surface area contributed by atoms with Crippen LogP contribution in [0.25, 0.3) is 0 Å². The highest BCUT2D eigenvalue weighted by molar-refractivity contribution is 7.69. The first-order valence-corrected chi connectivity index (χ1v) is 7.90. The molecule has 1 aromatic rings. The molecule has 0 unspecified atom stereocenters. The number of aromatic hydroxyl groups is 1. The number of phenols is 1. The zero-order chi connectivity index (χ0) is 8.48. The Morgan fingerprint density at radius 3 is 1.82 bits per heavy atom. The van der Waals surface area contributed by atoms with E-state index in [1.54, 1.807) is 12.1 Å². The molecule has 0 heterocycles. The van der Waals surface area contributed by atoms with Crippen LogP contribution in [0.5, 0.6) is 5.75 Å². The summed E-state index contributed by atoms with van der Waals surface area (Å²) in [5.74, 6) is 0.178. The van der Waals surface area contributed by atoms with Crippen LogP contribution in [0.2, 0.25) is 0 Å². The van der Waals surface area contributed by atoms with Crippen LogP contribution in [0.3, 0.4) is 0 Å². The molecule has 0 aliphatic carbocycles. The molecule has 0 saturated carbocycles. The second-order valence-corrected chi connectivity index (χ2v) is 10.5. The lowest BCUT2D eigenvalue weighted by Crippen LogP contribution is -2.29. The molecule has 5 heteroatoms. The summed E-state index contributed by atoms with van der Waals surface area (Å²) in [5, 5.41) is 9.59. The number of rotatable bonds is 1. The Balaban J connectivity index is 2.99. The third-order valence-corrected chi connectivity index (χ3v) is 4.15. The van der Waals surface area contributed by atoms with Gasteiger partial charge < -0.3 is 5.11 Å². The molecule has 0 fully saturated rings. The minimum absolute atomic E-state index is 0.178. The maximum absolute atomic E-state index is 8.91. The van der Waals surface area contributed by atoms with Crippen LogP contribution in [0.1, 0.15) is 0 Å². The van der Waals surface area contributed by atoms with Crippen molar-refractivity contribution in [3.63, 3.8) is 0 Å². The predicted molar refractivity (Wildman–Crippen MR) is 51.1 cm³/mol. The van der Waals surface area contributed by atoms with Crippen molar-refractivity contribution >= 4 is 44.4 Å². The normalized spacial score (nSPS) is 11.5. The third-order valence-electron chi connectivity index (χ3n) is 1.19. The standard InChI is InChI=1S/C6H5Cl3OSi/c7-11(8,9)6-3-1-5(10)2-4-6/h1-4,10H. The van der Waals surface area contributed by atoms with Crippen molar-refractivity contribution in [3.8, 4) is 5.75 Å². The van der Waals surface area contributed by atoms with Gasteiger partial charge in [0.1, 0.15) is 5.75 Å². The number of halogens is 3. The molecule has 0 saturated heterocycles. The topological polar surface area (TPSA) is 20.2 Å². The summed E-state index contributed by atoms with van der Waals surface area (Å²) >= 11 is 17.1. The molecule has 0 aliphatic rings. The van der Waals surface area contributed by atoms with Crippen LogP contribution in [-0.4, -0.2) is 11.1 Å². The van der Waals surface area contributed by atoms with Crippen LogP contribution < -0.4 is 5.19 Å². The van der Waals surface area contributed by atoms with E-state index >= 15 is 0 Å². The molecule has 0 bridgehead atoms. The van der Waals surface area contributed by atoms with Crippen molar-refractivity contribution in [1.29, 1.82) is 0 Å². The predicted octanol–water partition coefficient (Wildman–Crippen LogP) is 2.25. The van der Waals surface area contributed by atoms with E-state index in [2.05, 4.69) is 0 Å². The third kappa shape index (κ3) is 2.56. The van der Waals surface area contributed by atoms with Crippen LogP contribution >= 0.6 is 33.2 Å². The van der Waals surface area contributed by atoms with E-state index in [1.807, 2.05) is 0 Å². The molecule has 1 nitrogen and oxygen atoms in total. The number of hydrogen-bond acceptors (Lipinski definition) is 1. The summed E-state index contributed by atoms with van der Waals surface area (Å²) in [6.45, 7) is 0. The van der Waals surface area contributed by atoms with E-state index in [9.17, 15) is 0 Å². The van der Waals surface area contributed by atoms with E-state index in [0.29, 0.717) is 5.19 Å². The lowest BCUT2D eigenvalue weighted by molar-refractivity contribution is 0.475. The summed E-state index contributed by atoms with van der Waals surface area (Å²) in [5.41, 5.74) is 0. The van der Waals surface area contributed by atoms with E-state index in [-0.39, 0.29) is 5.75 Å². The zero-order valence-electron chi connectivity index (χ0n) is 5.39. The highest BCUT2D eigenvalue weighted by Crippen LogP contribution is 2.20. The number of hydrogen-bond donors (Lipinski definition) is 1. The van der Waals surface area contributed by atoms with Gasteiger partial charge >= 0.3 is 6.00 Å². The van der Waals surface area contributed by atoms with Crippen molar-refractivity contribution in [2.24, 2.45) is 0 Å². The number of benzene rings is 1. The summed E-state index contributed by atoms with van der Waals surface area (Å²) in [7, 11) is 0. The average molecular weight is 228 g/mol. The van der Waals surface area contributed by atoms with Crippen molar-refractivity contribution in [2.45, 2.75) is 0 Å². The Labute approximate surface area is 79.6 Å². The SMILES string of the molecule is Oc1ccc([Si](Cl)(Cl)Cl)cc1. The molecule has 1 aromatic carbocycles. The molecular formula is C6H5Cl3OSi. The van der Waals surface area contributed by atoms with Gasteiger partial charge in [0.15, 0.2) is 0 Å². The van der Waals surface area contributed by atoms with Gasteiger partial charge in [-0.3, -0.25) is 0 Å². The van der Waals surface area contributed by atoms with Gasteiger partial charge in [-0.05, 0) is 17.3 Å². The van der Waals surface area contributed by atoms with Crippen molar-refractivity contribution < 1.29 is 5.11 Å². The zero-order valence-corrected chi connectivity index (χ0v) is 8.66. The van der Waals surface area contributed by atoms with Gasteiger partial charge in [0.05, 0.1) is 0 Å². The van der Waals surface area contributed by atoms with Crippen molar-refractivity contribution in [1.82, 2.24) is 0 Å². The summed E-state index contributed by atoms with van der Waals surface area (Å²) in [6, 6.07) is 3.50. The molecule has 60 valence electrons. The molecule has 0 amide bonds. The van der Waals surface area contributed by atoms with Gasteiger partial charge in [0.2, 0.25) is 0 Å². The maximum atomic E-state index is 8.91. The largest absolute Gasteiger partial charge is 0.508 e. The fourth-order valence-corrected chi connectivity index (χ4v) is 2.33. The highest BCUT2D eigenvalue weighted by Gasteiger charge is 2.27.